The summed E-state index contributed by atoms with van der Waals surface area (Å²) in [7, 11) is 0. The molecule has 2 N–H and O–H groups in total. The minimum atomic E-state index is -0.192. The molecule has 0 radical (unpaired) electrons. The van der Waals surface area contributed by atoms with E-state index in [0.29, 0.717) is 19.8 Å². The van der Waals surface area contributed by atoms with E-state index in [1.807, 2.05) is 30.3 Å². The molecule has 2 aromatic carbocycles. The number of para-hydroxylation sites is 2. The van der Waals surface area contributed by atoms with Gasteiger partial charge in [0.1, 0.15) is 5.82 Å². The number of benzene rings is 2. The molecule has 0 unspecified atom stereocenters. The van der Waals surface area contributed by atoms with E-state index in [1.165, 1.54) is 6.07 Å². The number of hydrogen-bond acceptors (Lipinski definition) is 3. The highest BCUT2D eigenvalue weighted by Gasteiger charge is 2.34. The van der Waals surface area contributed by atoms with Crippen molar-refractivity contribution >= 4 is 17.0 Å². The van der Waals surface area contributed by atoms with Crippen molar-refractivity contribution in [2.24, 2.45) is 0 Å². The van der Waals surface area contributed by atoms with Crippen LogP contribution in [0.15, 0.2) is 48.5 Å². The van der Waals surface area contributed by atoms with Crippen LogP contribution in [0.1, 0.15) is 18.4 Å². The van der Waals surface area contributed by atoms with E-state index in [2.05, 4.69) is 15.3 Å². The van der Waals surface area contributed by atoms with Crippen LogP contribution in [-0.2, 0) is 10.2 Å². The fourth-order valence-electron chi connectivity index (χ4n) is 3.44. The van der Waals surface area contributed by atoms with Gasteiger partial charge in [0.25, 0.3) is 0 Å². The lowest BCUT2D eigenvalue weighted by Crippen LogP contribution is -2.40. The summed E-state index contributed by atoms with van der Waals surface area (Å²) in [6.07, 6.45) is 1.73. The molecule has 4 nitrogen and oxygen atoms in total. The molecule has 24 heavy (non-hydrogen) atoms. The maximum atomic E-state index is 13.7. The number of fused-ring (bicyclic) bond motifs is 1. The topological polar surface area (TPSA) is 49.9 Å². The van der Waals surface area contributed by atoms with Crippen molar-refractivity contribution < 1.29 is 9.13 Å². The van der Waals surface area contributed by atoms with Gasteiger partial charge < -0.3 is 15.0 Å². The second kappa shape index (κ2) is 6.24. The summed E-state index contributed by atoms with van der Waals surface area (Å²) in [5.41, 5.74) is 2.83. The highest BCUT2D eigenvalue weighted by atomic mass is 19.1. The van der Waals surface area contributed by atoms with E-state index in [1.54, 1.807) is 12.1 Å². The number of hydrogen-bond donors (Lipinski definition) is 2. The van der Waals surface area contributed by atoms with E-state index in [0.717, 1.165) is 35.4 Å². The number of aromatic nitrogens is 2. The Morgan fingerprint density at radius 2 is 1.96 bits per heavy atom. The van der Waals surface area contributed by atoms with E-state index in [9.17, 15) is 4.39 Å². The van der Waals surface area contributed by atoms with Gasteiger partial charge in [-0.15, -0.1) is 0 Å². The average Bonchev–Trinajstić information content (AvgIpc) is 3.04. The predicted octanol–water partition coefficient (Wildman–Crippen LogP) is 3.86. The number of anilines is 1. The molecule has 2 heterocycles. The van der Waals surface area contributed by atoms with Crippen LogP contribution >= 0.6 is 0 Å². The molecule has 124 valence electrons. The quantitative estimate of drug-likeness (QED) is 0.766. The fourth-order valence-corrected chi connectivity index (χ4v) is 3.44. The van der Waals surface area contributed by atoms with Crippen LogP contribution in [-0.4, -0.2) is 29.7 Å². The smallest absolute Gasteiger partial charge is 0.201 e. The number of imidazole rings is 1. The van der Waals surface area contributed by atoms with E-state index >= 15 is 0 Å². The van der Waals surface area contributed by atoms with Gasteiger partial charge in [-0.1, -0.05) is 24.3 Å². The first-order valence-corrected chi connectivity index (χ1v) is 8.28. The number of aromatic amines is 1. The van der Waals surface area contributed by atoms with Gasteiger partial charge in [0.05, 0.1) is 11.0 Å². The van der Waals surface area contributed by atoms with E-state index in [-0.39, 0.29) is 11.2 Å². The third-order valence-corrected chi connectivity index (χ3v) is 4.87. The molecule has 1 aliphatic heterocycles. The van der Waals surface area contributed by atoms with Crippen molar-refractivity contribution in [3.05, 3.63) is 59.9 Å². The molecule has 0 bridgehead atoms. The zero-order valence-corrected chi connectivity index (χ0v) is 13.4. The monoisotopic (exact) mass is 325 g/mol. The van der Waals surface area contributed by atoms with Crippen LogP contribution in [0.4, 0.5) is 10.3 Å². The first-order valence-electron chi connectivity index (χ1n) is 8.28. The Bertz CT molecular complexity index is 806. The molecule has 4 rings (SSSR count). The van der Waals surface area contributed by atoms with Crippen molar-refractivity contribution in [3.63, 3.8) is 0 Å². The van der Waals surface area contributed by atoms with Crippen LogP contribution in [0.2, 0.25) is 0 Å². The first-order chi connectivity index (χ1) is 11.8. The third kappa shape index (κ3) is 2.87. The summed E-state index contributed by atoms with van der Waals surface area (Å²) in [4.78, 5) is 7.86. The van der Waals surface area contributed by atoms with E-state index < -0.39 is 0 Å². The summed E-state index contributed by atoms with van der Waals surface area (Å²) in [5.74, 6) is 0.556. The van der Waals surface area contributed by atoms with Crippen molar-refractivity contribution in [2.75, 3.05) is 25.1 Å². The van der Waals surface area contributed by atoms with Gasteiger partial charge in [0, 0.05) is 25.2 Å². The van der Waals surface area contributed by atoms with Gasteiger partial charge in [-0.2, -0.15) is 0 Å². The zero-order valence-electron chi connectivity index (χ0n) is 13.4. The number of ether oxygens (including phenoxy) is 1. The van der Waals surface area contributed by atoms with Crippen molar-refractivity contribution in [1.29, 1.82) is 0 Å². The van der Waals surface area contributed by atoms with Crippen molar-refractivity contribution in [1.82, 2.24) is 9.97 Å². The maximum absolute atomic E-state index is 13.7. The Balaban J connectivity index is 1.60. The lowest BCUT2D eigenvalue weighted by Gasteiger charge is -2.38. The van der Waals surface area contributed by atoms with Gasteiger partial charge in [-0.25, -0.2) is 9.37 Å². The highest BCUT2D eigenvalue weighted by molar-refractivity contribution is 5.77. The second-order valence-corrected chi connectivity index (χ2v) is 6.36. The summed E-state index contributed by atoms with van der Waals surface area (Å²) < 4.78 is 19.3. The SMILES string of the molecule is Fc1cccc(C2(CNc3nc4ccccc4[nH]3)CCOCC2)c1. The standard InChI is InChI=1S/C19H20FN3O/c20-15-5-3-4-14(12-15)19(8-10-24-11-9-19)13-21-18-22-16-6-1-2-7-17(16)23-18/h1-7,12H,8-11,13H2,(H2,21,22,23). The summed E-state index contributed by atoms with van der Waals surface area (Å²) in [6, 6.07) is 14.9. The molecule has 0 aliphatic carbocycles. The first kappa shape index (κ1) is 15.1. The Hall–Kier alpha value is -2.40. The average molecular weight is 325 g/mol. The number of halogens is 1. The molecule has 1 aliphatic rings. The summed E-state index contributed by atoms with van der Waals surface area (Å²) in [6.45, 7) is 2.08. The summed E-state index contributed by atoms with van der Waals surface area (Å²) >= 11 is 0. The Labute approximate surface area is 140 Å². The molecule has 1 aromatic heterocycles. The minimum Gasteiger partial charge on any atom is -0.381 e. The molecule has 0 amide bonds. The molecule has 0 spiro atoms. The Morgan fingerprint density at radius 3 is 2.75 bits per heavy atom. The number of rotatable bonds is 4. The third-order valence-electron chi connectivity index (χ3n) is 4.87. The van der Waals surface area contributed by atoms with Crippen LogP contribution in [0.5, 0.6) is 0 Å². The lowest BCUT2D eigenvalue weighted by molar-refractivity contribution is 0.0542. The fraction of sp³-hybridized carbons (Fsp3) is 0.316. The lowest BCUT2D eigenvalue weighted by atomic mass is 9.74. The van der Waals surface area contributed by atoms with Gasteiger partial charge in [0.2, 0.25) is 5.95 Å². The van der Waals surface area contributed by atoms with Crippen LogP contribution in [0, 0.1) is 5.82 Å². The molecular weight excluding hydrogens is 305 g/mol. The largest absolute Gasteiger partial charge is 0.381 e. The molecular formula is C19H20FN3O. The number of H-pyrrole nitrogens is 1. The predicted molar refractivity (Wildman–Crippen MR) is 92.7 cm³/mol. The van der Waals surface area contributed by atoms with Crippen LogP contribution < -0.4 is 5.32 Å². The van der Waals surface area contributed by atoms with Crippen LogP contribution in [0.3, 0.4) is 0 Å². The van der Waals surface area contributed by atoms with E-state index in [4.69, 9.17) is 4.74 Å². The molecule has 5 heteroatoms. The Morgan fingerprint density at radius 1 is 1.12 bits per heavy atom. The van der Waals surface area contributed by atoms with Gasteiger partial charge in [-0.05, 0) is 42.7 Å². The van der Waals surface area contributed by atoms with Crippen molar-refractivity contribution in [3.8, 4) is 0 Å². The molecule has 1 fully saturated rings. The zero-order chi connectivity index (χ0) is 16.4. The molecule has 0 saturated carbocycles. The highest BCUT2D eigenvalue weighted by Crippen LogP contribution is 2.35. The molecule has 1 saturated heterocycles. The normalized spacial score (nSPS) is 17.0. The van der Waals surface area contributed by atoms with Gasteiger partial charge in [0.15, 0.2) is 0 Å². The second-order valence-electron chi connectivity index (χ2n) is 6.36. The Kier molecular flexibility index (Phi) is 3.94. The minimum absolute atomic E-state index is 0.140. The number of nitrogens with one attached hydrogen (secondary N) is 2. The molecule has 0 atom stereocenters. The van der Waals surface area contributed by atoms with Gasteiger partial charge >= 0.3 is 0 Å². The maximum Gasteiger partial charge on any atom is 0.201 e. The number of nitrogens with zero attached hydrogens (tertiary/aromatic N) is 1. The molecule has 3 aromatic rings. The van der Waals surface area contributed by atoms with Crippen molar-refractivity contribution in [2.45, 2.75) is 18.3 Å². The van der Waals surface area contributed by atoms with Gasteiger partial charge in [-0.3, -0.25) is 0 Å². The summed E-state index contributed by atoms with van der Waals surface area (Å²) in [5, 5.41) is 3.42. The van der Waals surface area contributed by atoms with Crippen LogP contribution in [0.25, 0.3) is 11.0 Å².